The SMILES string of the molecule is Cc1ccc(-c2c(CNC(=O)OC(C)(C)C)n(CC(C)C)c(=O)c3ccc(C=CC(N)=O)cc23)cc1. The molecule has 0 unspecified atom stereocenters. The molecule has 190 valence electrons. The van der Waals surface area contributed by atoms with E-state index in [1.807, 2.05) is 51.1 Å². The van der Waals surface area contributed by atoms with Crippen molar-refractivity contribution in [3.05, 3.63) is 75.7 Å². The zero-order chi connectivity index (χ0) is 26.6. The number of fused-ring (bicyclic) bond motifs is 1. The summed E-state index contributed by atoms with van der Waals surface area (Å²) in [6, 6.07) is 13.5. The van der Waals surface area contributed by atoms with Crippen LogP contribution in [0.5, 0.6) is 0 Å². The topological polar surface area (TPSA) is 103 Å². The molecule has 0 bridgehead atoms. The van der Waals surface area contributed by atoms with Crippen LogP contribution in [0.15, 0.2) is 53.3 Å². The Labute approximate surface area is 212 Å². The van der Waals surface area contributed by atoms with Gasteiger partial charge in [-0.15, -0.1) is 0 Å². The number of nitrogens with zero attached hydrogens (tertiary/aromatic N) is 1. The van der Waals surface area contributed by atoms with Crippen molar-refractivity contribution < 1.29 is 14.3 Å². The van der Waals surface area contributed by atoms with Crippen LogP contribution in [-0.4, -0.2) is 22.2 Å². The van der Waals surface area contributed by atoms with Crippen molar-refractivity contribution in [2.75, 3.05) is 0 Å². The Bertz CT molecular complexity index is 1360. The van der Waals surface area contributed by atoms with E-state index in [4.69, 9.17) is 10.5 Å². The Hall–Kier alpha value is -3.87. The van der Waals surface area contributed by atoms with Crippen LogP contribution in [0.3, 0.4) is 0 Å². The van der Waals surface area contributed by atoms with E-state index in [0.717, 1.165) is 27.6 Å². The Kier molecular flexibility index (Phi) is 8.03. The molecule has 3 N–H and O–H groups in total. The van der Waals surface area contributed by atoms with Gasteiger partial charge in [0.2, 0.25) is 5.91 Å². The maximum absolute atomic E-state index is 13.7. The first-order valence-electron chi connectivity index (χ1n) is 12.1. The molecule has 2 amide bonds. The van der Waals surface area contributed by atoms with E-state index in [9.17, 15) is 14.4 Å². The number of amides is 2. The molecule has 0 radical (unpaired) electrons. The molecule has 0 fully saturated rings. The van der Waals surface area contributed by atoms with Gasteiger partial charge < -0.3 is 20.4 Å². The molecule has 2 aromatic carbocycles. The van der Waals surface area contributed by atoms with Crippen molar-refractivity contribution in [1.29, 1.82) is 0 Å². The number of alkyl carbamates (subject to hydrolysis) is 1. The van der Waals surface area contributed by atoms with Crippen molar-refractivity contribution in [2.24, 2.45) is 11.7 Å². The van der Waals surface area contributed by atoms with Crippen LogP contribution in [-0.2, 0) is 22.6 Å². The molecule has 0 aliphatic rings. The molecule has 0 saturated carbocycles. The number of carbonyl (C=O) groups is 2. The lowest BCUT2D eigenvalue weighted by atomic mass is 9.94. The van der Waals surface area contributed by atoms with Crippen LogP contribution in [0.1, 0.15) is 51.4 Å². The summed E-state index contributed by atoms with van der Waals surface area (Å²) in [6.45, 7) is 12.1. The van der Waals surface area contributed by atoms with Crippen LogP contribution >= 0.6 is 0 Å². The molecule has 1 aromatic heterocycles. The van der Waals surface area contributed by atoms with Crippen LogP contribution in [0.2, 0.25) is 0 Å². The molecule has 7 heteroatoms. The monoisotopic (exact) mass is 489 g/mol. The summed E-state index contributed by atoms with van der Waals surface area (Å²) >= 11 is 0. The first kappa shape index (κ1) is 26.7. The average molecular weight is 490 g/mol. The van der Waals surface area contributed by atoms with Crippen LogP contribution in [0.4, 0.5) is 4.79 Å². The van der Waals surface area contributed by atoms with E-state index in [-0.39, 0.29) is 18.0 Å². The predicted molar refractivity (Wildman–Crippen MR) is 145 cm³/mol. The van der Waals surface area contributed by atoms with Gasteiger partial charge in [0.05, 0.1) is 6.54 Å². The summed E-state index contributed by atoms with van der Waals surface area (Å²) in [7, 11) is 0. The second-order valence-corrected chi connectivity index (χ2v) is 10.4. The number of pyridine rings is 1. The molecular weight excluding hydrogens is 454 g/mol. The highest BCUT2D eigenvalue weighted by atomic mass is 16.6. The Morgan fingerprint density at radius 3 is 2.33 bits per heavy atom. The van der Waals surface area contributed by atoms with Crippen LogP contribution in [0, 0.1) is 12.8 Å². The summed E-state index contributed by atoms with van der Waals surface area (Å²) in [5.74, 6) is -0.354. The number of benzene rings is 2. The summed E-state index contributed by atoms with van der Waals surface area (Å²) in [6.07, 6.45) is 2.36. The third-order valence-corrected chi connectivity index (χ3v) is 5.53. The number of ether oxygens (including phenoxy) is 1. The number of nitrogens with one attached hydrogen (secondary N) is 1. The number of nitrogens with two attached hydrogens (primary N) is 1. The molecule has 0 aliphatic heterocycles. The van der Waals surface area contributed by atoms with Gasteiger partial charge in [-0.25, -0.2) is 4.79 Å². The fourth-order valence-corrected chi connectivity index (χ4v) is 4.05. The highest BCUT2D eigenvalue weighted by Crippen LogP contribution is 2.32. The third-order valence-electron chi connectivity index (χ3n) is 5.53. The van der Waals surface area contributed by atoms with E-state index in [1.165, 1.54) is 6.08 Å². The third kappa shape index (κ3) is 6.62. The molecule has 36 heavy (non-hydrogen) atoms. The van der Waals surface area contributed by atoms with E-state index < -0.39 is 17.6 Å². The van der Waals surface area contributed by atoms with E-state index in [1.54, 1.807) is 43.5 Å². The van der Waals surface area contributed by atoms with Gasteiger partial charge in [0.25, 0.3) is 5.56 Å². The highest BCUT2D eigenvalue weighted by molar-refractivity contribution is 5.99. The molecule has 7 nitrogen and oxygen atoms in total. The fraction of sp³-hybridized carbons (Fsp3) is 0.345. The lowest BCUT2D eigenvalue weighted by molar-refractivity contribution is -0.113. The summed E-state index contributed by atoms with van der Waals surface area (Å²) in [5.41, 5.74) is 8.79. The van der Waals surface area contributed by atoms with Gasteiger partial charge in [0.1, 0.15) is 5.60 Å². The summed E-state index contributed by atoms with van der Waals surface area (Å²) in [5, 5.41) is 4.13. The number of aromatic nitrogens is 1. The first-order valence-corrected chi connectivity index (χ1v) is 12.1. The van der Waals surface area contributed by atoms with E-state index in [2.05, 4.69) is 5.32 Å². The van der Waals surface area contributed by atoms with Crippen molar-refractivity contribution in [3.8, 4) is 11.1 Å². The predicted octanol–water partition coefficient (Wildman–Crippen LogP) is 5.16. The number of hydrogen-bond donors (Lipinski definition) is 2. The molecule has 3 aromatic rings. The maximum atomic E-state index is 13.7. The Morgan fingerprint density at radius 2 is 1.75 bits per heavy atom. The first-order chi connectivity index (χ1) is 16.9. The fourth-order valence-electron chi connectivity index (χ4n) is 4.05. The minimum atomic E-state index is -0.646. The normalized spacial score (nSPS) is 11.9. The van der Waals surface area contributed by atoms with Crippen LogP contribution < -0.4 is 16.6 Å². The Morgan fingerprint density at radius 1 is 1.08 bits per heavy atom. The van der Waals surface area contributed by atoms with Crippen molar-refractivity contribution in [1.82, 2.24) is 9.88 Å². The molecule has 0 spiro atoms. The highest BCUT2D eigenvalue weighted by Gasteiger charge is 2.21. The number of primary amides is 1. The van der Waals surface area contributed by atoms with Crippen molar-refractivity contribution >= 4 is 28.8 Å². The number of rotatable bonds is 7. The van der Waals surface area contributed by atoms with Crippen LogP contribution in [0.25, 0.3) is 28.0 Å². The lowest BCUT2D eigenvalue weighted by Crippen LogP contribution is -2.35. The van der Waals surface area contributed by atoms with Gasteiger partial charge in [0.15, 0.2) is 0 Å². The minimum absolute atomic E-state index is 0.109. The standard InChI is InChI=1S/C29H35N3O4/c1-18(2)17-32-24(16-31-28(35)36-29(4,5)6)26(21-11-7-19(3)8-12-21)23-15-20(10-14-25(30)33)9-13-22(23)27(32)34/h7-15,18H,16-17H2,1-6H3,(H2,30,33)(H,31,35). The lowest BCUT2D eigenvalue weighted by Gasteiger charge is -2.23. The molecular formula is C29H35N3O4. The van der Waals surface area contributed by atoms with Gasteiger partial charge in [0, 0.05) is 29.3 Å². The maximum Gasteiger partial charge on any atom is 0.407 e. The smallest absolute Gasteiger partial charge is 0.407 e. The second kappa shape index (κ2) is 10.8. The molecule has 0 aliphatic carbocycles. The second-order valence-electron chi connectivity index (χ2n) is 10.4. The van der Waals surface area contributed by atoms with E-state index in [0.29, 0.717) is 17.6 Å². The van der Waals surface area contributed by atoms with Gasteiger partial charge in [-0.3, -0.25) is 9.59 Å². The summed E-state index contributed by atoms with van der Waals surface area (Å²) in [4.78, 5) is 37.5. The minimum Gasteiger partial charge on any atom is -0.444 e. The molecule has 0 atom stereocenters. The zero-order valence-electron chi connectivity index (χ0n) is 21.8. The Balaban J connectivity index is 2.31. The van der Waals surface area contributed by atoms with E-state index >= 15 is 0 Å². The quantitative estimate of drug-likeness (QED) is 0.448. The van der Waals surface area contributed by atoms with Gasteiger partial charge in [-0.2, -0.15) is 0 Å². The number of aryl methyl sites for hydroxylation is 1. The molecule has 1 heterocycles. The molecule has 0 saturated heterocycles. The number of hydrogen-bond acceptors (Lipinski definition) is 4. The van der Waals surface area contributed by atoms with Gasteiger partial charge in [-0.1, -0.05) is 49.7 Å². The largest absolute Gasteiger partial charge is 0.444 e. The van der Waals surface area contributed by atoms with Gasteiger partial charge in [-0.05, 0) is 68.3 Å². The average Bonchev–Trinajstić information content (AvgIpc) is 2.77. The summed E-state index contributed by atoms with van der Waals surface area (Å²) < 4.78 is 7.19. The zero-order valence-corrected chi connectivity index (χ0v) is 21.8. The van der Waals surface area contributed by atoms with Crippen molar-refractivity contribution in [3.63, 3.8) is 0 Å². The van der Waals surface area contributed by atoms with Gasteiger partial charge >= 0.3 is 6.09 Å². The number of carbonyl (C=O) groups excluding carboxylic acids is 2. The molecule has 3 rings (SSSR count). The van der Waals surface area contributed by atoms with Crippen molar-refractivity contribution in [2.45, 2.75) is 60.2 Å².